The largest absolute Gasteiger partial charge is 0.487 e. The lowest BCUT2D eigenvalue weighted by Gasteiger charge is -2.37. The van der Waals surface area contributed by atoms with E-state index in [1.807, 2.05) is 30.3 Å². The van der Waals surface area contributed by atoms with Crippen LogP contribution >= 0.6 is 0 Å². The maximum absolute atomic E-state index is 12.5. The van der Waals surface area contributed by atoms with Crippen LogP contribution in [0.4, 0.5) is 5.69 Å². The fourth-order valence-corrected chi connectivity index (χ4v) is 4.86. The van der Waals surface area contributed by atoms with E-state index in [2.05, 4.69) is 15.6 Å². The fraction of sp³-hybridized carbons (Fsp3) is 0.480. The average molecular weight is 452 g/mol. The molecule has 2 amide bonds. The molecule has 1 aliphatic carbocycles. The summed E-state index contributed by atoms with van der Waals surface area (Å²) in [5.41, 5.74) is 2.73. The van der Waals surface area contributed by atoms with Gasteiger partial charge in [-0.1, -0.05) is 6.42 Å². The molecule has 0 bridgehead atoms. The van der Waals surface area contributed by atoms with E-state index in [4.69, 9.17) is 9.47 Å². The Labute approximate surface area is 192 Å². The van der Waals surface area contributed by atoms with Crippen molar-refractivity contribution in [2.75, 3.05) is 11.9 Å². The van der Waals surface area contributed by atoms with Crippen LogP contribution in [0.5, 0.6) is 5.75 Å². The molecule has 0 radical (unpaired) electrons. The highest BCUT2D eigenvalue weighted by molar-refractivity contribution is 5.93. The normalized spacial score (nSPS) is 25.8. The van der Waals surface area contributed by atoms with Gasteiger partial charge in [0.25, 0.3) is 0 Å². The highest BCUT2D eigenvalue weighted by Gasteiger charge is 2.46. The molecule has 33 heavy (non-hydrogen) atoms. The molecule has 2 aliphatic heterocycles. The van der Waals surface area contributed by atoms with E-state index in [-0.39, 0.29) is 48.9 Å². The van der Waals surface area contributed by atoms with Gasteiger partial charge < -0.3 is 25.2 Å². The van der Waals surface area contributed by atoms with Gasteiger partial charge >= 0.3 is 0 Å². The number of rotatable bonds is 7. The molecule has 1 aromatic heterocycles. The minimum absolute atomic E-state index is 0.00977. The molecule has 1 saturated carbocycles. The van der Waals surface area contributed by atoms with Gasteiger partial charge in [0.05, 0.1) is 19.1 Å². The van der Waals surface area contributed by atoms with Gasteiger partial charge in [0.2, 0.25) is 11.8 Å². The number of aliphatic hydroxyl groups excluding tert-OH is 1. The SMILES string of the molecule is O=C(C[C@H]1C[C@@H]2c3cc(NC(=O)C4CCC4)ccc3O[C@@H]2[C@@H](CO)O1)NCc1ccncc1. The van der Waals surface area contributed by atoms with Gasteiger partial charge in [-0.05, 0) is 55.2 Å². The Morgan fingerprint density at radius 3 is 2.70 bits per heavy atom. The Hall–Kier alpha value is -2.97. The summed E-state index contributed by atoms with van der Waals surface area (Å²) in [6.07, 6.45) is 6.06. The number of aliphatic hydroxyl groups is 1. The summed E-state index contributed by atoms with van der Waals surface area (Å²) in [5, 5.41) is 15.9. The first-order valence-corrected chi connectivity index (χ1v) is 11.6. The summed E-state index contributed by atoms with van der Waals surface area (Å²) in [7, 11) is 0. The number of carbonyl (C=O) groups excluding carboxylic acids is 2. The molecule has 0 unspecified atom stereocenters. The minimum Gasteiger partial charge on any atom is -0.487 e. The first-order valence-electron chi connectivity index (χ1n) is 11.6. The van der Waals surface area contributed by atoms with Crippen molar-refractivity contribution in [3.63, 3.8) is 0 Å². The molecule has 8 heteroatoms. The molecule has 8 nitrogen and oxygen atoms in total. The first-order chi connectivity index (χ1) is 16.1. The minimum atomic E-state index is -0.512. The van der Waals surface area contributed by atoms with Crippen LogP contribution in [0.2, 0.25) is 0 Å². The molecular formula is C25H29N3O5. The highest BCUT2D eigenvalue weighted by atomic mass is 16.6. The topological polar surface area (TPSA) is 110 Å². The second kappa shape index (κ2) is 9.49. The third-order valence-corrected chi connectivity index (χ3v) is 6.89. The van der Waals surface area contributed by atoms with E-state index in [0.717, 1.165) is 41.8 Å². The molecule has 3 N–H and O–H groups in total. The second-order valence-electron chi connectivity index (χ2n) is 9.11. The van der Waals surface area contributed by atoms with Crippen LogP contribution in [0.15, 0.2) is 42.7 Å². The summed E-state index contributed by atoms with van der Waals surface area (Å²) in [4.78, 5) is 28.9. The van der Waals surface area contributed by atoms with Crippen LogP contribution in [-0.2, 0) is 20.9 Å². The zero-order valence-electron chi connectivity index (χ0n) is 18.4. The third-order valence-electron chi connectivity index (χ3n) is 6.89. The van der Waals surface area contributed by atoms with Crippen LogP contribution in [0.25, 0.3) is 0 Å². The quantitative estimate of drug-likeness (QED) is 0.597. The number of nitrogens with one attached hydrogen (secondary N) is 2. The Morgan fingerprint density at radius 1 is 1.15 bits per heavy atom. The number of nitrogens with zero attached hydrogens (tertiary/aromatic N) is 1. The predicted molar refractivity (Wildman–Crippen MR) is 121 cm³/mol. The Kier molecular flexibility index (Phi) is 6.28. The Bertz CT molecular complexity index is 1010. The number of fused-ring (bicyclic) bond motifs is 3. The van der Waals surface area contributed by atoms with E-state index in [1.54, 1.807) is 12.4 Å². The molecular weight excluding hydrogens is 422 g/mol. The maximum Gasteiger partial charge on any atom is 0.227 e. The zero-order valence-corrected chi connectivity index (χ0v) is 18.4. The second-order valence-corrected chi connectivity index (χ2v) is 9.11. The summed E-state index contributed by atoms with van der Waals surface area (Å²) in [6, 6.07) is 9.41. The van der Waals surface area contributed by atoms with Gasteiger partial charge in [-0.3, -0.25) is 14.6 Å². The maximum atomic E-state index is 12.5. The monoisotopic (exact) mass is 451 g/mol. The number of hydrogen-bond acceptors (Lipinski definition) is 6. The number of anilines is 1. The number of amides is 2. The first kappa shape index (κ1) is 21.9. The van der Waals surface area contributed by atoms with Crippen molar-refractivity contribution in [1.29, 1.82) is 0 Å². The smallest absolute Gasteiger partial charge is 0.227 e. The number of pyridine rings is 1. The number of ether oxygens (including phenoxy) is 2. The zero-order chi connectivity index (χ0) is 22.8. The van der Waals surface area contributed by atoms with Crippen molar-refractivity contribution in [3.05, 3.63) is 53.9 Å². The summed E-state index contributed by atoms with van der Waals surface area (Å²) in [5.74, 6) is 0.813. The number of carbonyl (C=O) groups is 2. The van der Waals surface area contributed by atoms with Gasteiger partial charge in [-0.25, -0.2) is 0 Å². The van der Waals surface area contributed by atoms with Gasteiger partial charge in [-0.2, -0.15) is 0 Å². The van der Waals surface area contributed by atoms with Crippen molar-refractivity contribution in [1.82, 2.24) is 10.3 Å². The van der Waals surface area contributed by atoms with Gasteiger partial charge in [-0.15, -0.1) is 0 Å². The van der Waals surface area contributed by atoms with Crippen molar-refractivity contribution in [3.8, 4) is 5.75 Å². The van der Waals surface area contributed by atoms with E-state index in [9.17, 15) is 14.7 Å². The van der Waals surface area contributed by atoms with Crippen LogP contribution < -0.4 is 15.4 Å². The van der Waals surface area contributed by atoms with Crippen molar-refractivity contribution in [2.24, 2.45) is 5.92 Å². The summed E-state index contributed by atoms with van der Waals surface area (Å²) >= 11 is 0. The lowest BCUT2D eigenvalue weighted by atomic mass is 9.83. The average Bonchev–Trinajstić information content (AvgIpc) is 3.14. The molecule has 174 valence electrons. The molecule has 2 aromatic rings. The predicted octanol–water partition coefficient (Wildman–Crippen LogP) is 2.52. The Morgan fingerprint density at radius 2 is 1.97 bits per heavy atom. The third kappa shape index (κ3) is 4.72. The number of aromatic nitrogens is 1. The summed E-state index contributed by atoms with van der Waals surface area (Å²) in [6.45, 7) is 0.245. The molecule has 5 rings (SSSR count). The molecule has 2 fully saturated rings. The lowest BCUT2D eigenvalue weighted by molar-refractivity contribution is -0.142. The van der Waals surface area contributed by atoms with Crippen molar-refractivity contribution < 1.29 is 24.2 Å². The highest BCUT2D eigenvalue weighted by Crippen LogP contribution is 2.47. The van der Waals surface area contributed by atoms with Crippen molar-refractivity contribution in [2.45, 2.75) is 62.9 Å². The number of benzene rings is 1. The van der Waals surface area contributed by atoms with Gasteiger partial charge in [0.1, 0.15) is 18.0 Å². The number of hydrogen-bond donors (Lipinski definition) is 3. The van der Waals surface area contributed by atoms with Gasteiger partial charge in [0, 0.05) is 42.0 Å². The van der Waals surface area contributed by atoms with Crippen molar-refractivity contribution >= 4 is 17.5 Å². The van der Waals surface area contributed by atoms with E-state index in [1.165, 1.54) is 0 Å². The Balaban J connectivity index is 1.25. The fourth-order valence-electron chi connectivity index (χ4n) is 4.86. The lowest BCUT2D eigenvalue weighted by Crippen LogP contribution is -2.47. The molecule has 3 aliphatic rings. The van der Waals surface area contributed by atoms with Crippen LogP contribution in [-0.4, -0.2) is 46.8 Å². The van der Waals surface area contributed by atoms with Gasteiger partial charge in [0.15, 0.2) is 0 Å². The standard InChI is InChI=1S/C25H29N3O5/c29-14-22-24-20(11-18(32-22)12-23(30)27-13-15-6-8-26-9-7-15)19-10-17(4-5-21(19)33-24)28-25(31)16-2-1-3-16/h4-10,16,18,20,22,24,29H,1-3,11-14H2,(H,27,30)(H,28,31)/t18-,20-,22-,24+/m1/s1. The molecule has 1 aromatic carbocycles. The van der Waals surface area contributed by atoms with E-state index < -0.39 is 6.10 Å². The van der Waals surface area contributed by atoms with Crippen LogP contribution in [0, 0.1) is 5.92 Å². The molecule has 0 spiro atoms. The summed E-state index contributed by atoms with van der Waals surface area (Å²) < 4.78 is 12.1. The van der Waals surface area contributed by atoms with Crippen LogP contribution in [0.3, 0.4) is 0 Å². The van der Waals surface area contributed by atoms with E-state index >= 15 is 0 Å². The molecule has 1 saturated heterocycles. The van der Waals surface area contributed by atoms with Crippen LogP contribution in [0.1, 0.15) is 49.1 Å². The van der Waals surface area contributed by atoms with E-state index in [0.29, 0.717) is 13.0 Å². The molecule has 4 atom stereocenters. The molecule has 3 heterocycles.